The fourth-order valence-corrected chi connectivity index (χ4v) is 3.43. The minimum Gasteiger partial charge on any atom is -0.140 e. The summed E-state index contributed by atoms with van der Waals surface area (Å²) in [5, 5.41) is 2.01. The largest absolute Gasteiger partial charge is 0.140 e. The Morgan fingerprint density at radius 1 is 1.38 bits per heavy atom. The van der Waals surface area contributed by atoms with Gasteiger partial charge < -0.3 is 0 Å². The van der Waals surface area contributed by atoms with Crippen molar-refractivity contribution in [3.05, 3.63) is 32.6 Å². The molecule has 1 aromatic heterocycles. The highest BCUT2D eigenvalue weighted by atomic mass is 79.9. The van der Waals surface area contributed by atoms with Gasteiger partial charge in [-0.15, -0.1) is 11.3 Å². The number of hydrogen-bond acceptors (Lipinski definition) is 1. The van der Waals surface area contributed by atoms with E-state index in [0.717, 1.165) is 15.9 Å². The molecule has 0 atom stereocenters. The Hall–Kier alpha value is -0.0500. The molecule has 0 aliphatic heterocycles. The predicted octanol–water partition coefficient (Wildman–Crippen LogP) is 4.88. The lowest BCUT2D eigenvalue weighted by Gasteiger charge is -1.94. The lowest BCUT2D eigenvalue weighted by Crippen LogP contribution is -1.68. The van der Waals surface area contributed by atoms with Crippen molar-refractivity contribution in [3.8, 4) is 0 Å². The van der Waals surface area contributed by atoms with E-state index in [0.29, 0.717) is 0 Å². The van der Waals surface area contributed by atoms with Gasteiger partial charge in [-0.3, -0.25) is 0 Å². The molecule has 1 heterocycles. The zero-order chi connectivity index (χ0) is 9.42. The van der Waals surface area contributed by atoms with Gasteiger partial charge in [0.1, 0.15) is 0 Å². The van der Waals surface area contributed by atoms with E-state index >= 15 is 0 Å². The summed E-state index contributed by atoms with van der Waals surface area (Å²) in [6, 6.07) is 6.23. The van der Waals surface area contributed by atoms with Gasteiger partial charge in [0.15, 0.2) is 0 Å². The monoisotopic (exact) mass is 274 g/mol. The molecule has 2 rings (SSSR count). The summed E-state index contributed by atoms with van der Waals surface area (Å²) in [4.78, 5) is 1.38. The van der Waals surface area contributed by atoms with E-state index in [4.69, 9.17) is 11.6 Å². The van der Waals surface area contributed by atoms with E-state index in [9.17, 15) is 0 Å². The van der Waals surface area contributed by atoms with Crippen LogP contribution in [-0.2, 0) is 6.42 Å². The van der Waals surface area contributed by atoms with Gasteiger partial charge in [0.2, 0.25) is 0 Å². The molecule has 0 saturated heterocycles. The van der Waals surface area contributed by atoms with Gasteiger partial charge in [-0.1, -0.05) is 34.5 Å². The molecule has 0 saturated carbocycles. The van der Waals surface area contributed by atoms with Crippen molar-refractivity contribution in [2.45, 2.75) is 13.3 Å². The molecule has 0 radical (unpaired) electrons. The third-order valence-corrected chi connectivity index (χ3v) is 3.95. The highest BCUT2D eigenvalue weighted by molar-refractivity contribution is 9.10. The van der Waals surface area contributed by atoms with Crippen molar-refractivity contribution in [2.75, 3.05) is 0 Å². The quantitative estimate of drug-likeness (QED) is 0.696. The van der Waals surface area contributed by atoms with Crippen LogP contribution < -0.4 is 0 Å². The van der Waals surface area contributed by atoms with Crippen LogP contribution in [0.25, 0.3) is 10.1 Å². The molecule has 3 heteroatoms. The highest BCUT2D eigenvalue weighted by Crippen LogP contribution is 2.34. The molecule has 0 nitrogen and oxygen atoms in total. The van der Waals surface area contributed by atoms with Gasteiger partial charge in [0.25, 0.3) is 0 Å². The van der Waals surface area contributed by atoms with E-state index in [2.05, 4.69) is 35.0 Å². The molecule has 68 valence electrons. The Morgan fingerprint density at radius 2 is 2.15 bits per heavy atom. The number of hydrogen-bond donors (Lipinski definition) is 0. The van der Waals surface area contributed by atoms with Crippen LogP contribution in [0.1, 0.15) is 11.8 Å². The zero-order valence-electron chi connectivity index (χ0n) is 7.10. The van der Waals surface area contributed by atoms with Crippen molar-refractivity contribution in [2.24, 2.45) is 0 Å². The molecule has 0 spiro atoms. The fourth-order valence-electron chi connectivity index (χ4n) is 1.29. The van der Waals surface area contributed by atoms with Crippen molar-refractivity contribution in [3.63, 3.8) is 0 Å². The summed E-state index contributed by atoms with van der Waals surface area (Å²) in [6.07, 6.45) is 1.08. The Kier molecular flexibility index (Phi) is 2.63. The first-order chi connectivity index (χ1) is 6.20. The second-order valence-corrected chi connectivity index (χ2v) is 5.36. The van der Waals surface area contributed by atoms with E-state index < -0.39 is 0 Å². The van der Waals surface area contributed by atoms with Crippen molar-refractivity contribution >= 4 is 49.0 Å². The molecule has 0 aliphatic carbocycles. The maximum Gasteiger partial charge on any atom is 0.0504 e. The highest BCUT2D eigenvalue weighted by Gasteiger charge is 2.05. The Morgan fingerprint density at radius 3 is 2.85 bits per heavy atom. The van der Waals surface area contributed by atoms with Crippen LogP contribution in [0.5, 0.6) is 0 Å². The Bertz CT molecular complexity index is 447. The van der Waals surface area contributed by atoms with Gasteiger partial charge in [0, 0.05) is 19.4 Å². The average Bonchev–Trinajstić information content (AvgIpc) is 2.47. The summed E-state index contributed by atoms with van der Waals surface area (Å²) in [5.74, 6) is 0. The third kappa shape index (κ3) is 1.76. The van der Waals surface area contributed by atoms with Gasteiger partial charge in [0.05, 0.1) is 5.02 Å². The minimum atomic E-state index is 0.834. The summed E-state index contributed by atoms with van der Waals surface area (Å²) >= 11 is 11.4. The minimum absolute atomic E-state index is 0.834. The number of benzene rings is 1. The molecular formula is C10H8BrClS. The molecule has 0 N–H and O–H groups in total. The first kappa shape index (κ1) is 9.50. The van der Waals surface area contributed by atoms with Crippen molar-refractivity contribution < 1.29 is 0 Å². The van der Waals surface area contributed by atoms with Gasteiger partial charge >= 0.3 is 0 Å². The first-order valence-electron chi connectivity index (χ1n) is 4.08. The number of fused-ring (bicyclic) bond motifs is 1. The third-order valence-electron chi connectivity index (χ3n) is 1.95. The number of aryl methyl sites for hydroxylation is 1. The van der Waals surface area contributed by atoms with E-state index in [1.807, 2.05) is 17.4 Å². The van der Waals surface area contributed by atoms with Crippen molar-refractivity contribution in [1.29, 1.82) is 0 Å². The molecule has 0 fully saturated rings. The standard InChI is InChI=1S/C10H8BrClS/c1-2-7-5-8-9(12)3-6(11)4-10(8)13-7/h3-5H,2H2,1H3. The second kappa shape index (κ2) is 3.60. The van der Waals surface area contributed by atoms with Gasteiger partial charge in [-0.25, -0.2) is 0 Å². The summed E-state index contributed by atoms with van der Waals surface area (Å²) < 4.78 is 2.31. The maximum absolute atomic E-state index is 6.11. The molecule has 0 aliphatic rings. The van der Waals surface area contributed by atoms with Crippen LogP contribution in [-0.4, -0.2) is 0 Å². The maximum atomic E-state index is 6.11. The summed E-state index contributed by atoms with van der Waals surface area (Å²) in [5.41, 5.74) is 0. The summed E-state index contributed by atoms with van der Waals surface area (Å²) in [6.45, 7) is 2.16. The van der Waals surface area contributed by atoms with Crippen molar-refractivity contribution in [1.82, 2.24) is 0 Å². The van der Waals surface area contributed by atoms with E-state index in [-0.39, 0.29) is 0 Å². The van der Waals surface area contributed by atoms with Gasteiger partial charge in [-0.05, 0) is 24.6 Å². The lowest BCUT2D eigenvalue weighted by molar-refractivity contribution is 1.19. The Labute approximate surface area is 94.7 Å². The molecule has 0 bridgehead atoms. The smallest absolute Gasteiger partial charge is 0.0504 e. The second-order valence-electron chi connectivity index (χ2n) is 2.87. The normalized spacial score (nSPS) is 11.0. The van der Waals surface area contributed by atoms with Crippen LogP contribution in [0.3, 0.4) is 0 Å². The van der Waals surface area contributed by atoms with Crippen LogP contribution in [0.4, 0.5) is 0 Å². The molecule has 1 aromatic carbocycles. The number of thiophene rings is 1. The predicted molar refractivity (Wildman–Crippen MR) is 63.9 cm³/mol. The van der Waals surface area contributed by atoms with Crippen LogP contribution in [0.15, 0.2) is 22.7 Å². The average molecular weight is 276 g/mol. The summed E-state index contributed by atoms with van der Waals surface area (Å²) in [7, 11) is 0. The van der Waals surface area contributed by atoms with Crippen LogP contribution in [0.2, 0.25) is 5.02 Å². The lowest BCUT2D eigenvalue weighted by atomic mass is 10.2. The van der Waals surface area contributed by atoms with Crippen LogP contribution >= 0.6 is 38.9 Å². The van der Waals surface area contributed by atoms with Gasteiger partial charge in [-0.2, -0.15) is 0 Å². The Balaban J connectivity index is 2.75. The van der Waals surface area contributed by atoms with E-state index in [1.165, 1.54) is 15.0 Å². The fraction of sp³-hybridized carbons (Fsp3) is 0.200. The zero-order valence-corrected chi connectivity index (χ0v) is 10.3. The first-order valence-corrected chi connectivity index (χ1v) is 6.07. The molecule has 0 unspecified atom stereocenters. The number of rotatable bonds is 1. The topological polar surface area (TPSA) is 0 Å². The van der Waals surface area contributed by atoms with Crippen LogP contribution in [0, 0.1) is 0 Å². The molecule has 2 aromatic rings. The number of halogens is 2. The van der Waals surface area contributed by atoms with E-state index in [1.54, 1.807) is 0 Å². The molecule has 0 amide bonds. The SMILES string of the molecule is CCc1cc2c(Cl)cc(Br)cc2s1. The molecular weight excluding hydrogens is 268 g/mol. The molecule has 13 heavy (non-hydrogen) atoms.